The monoisotopic (exact) mass is 386 g/mol. The Labute approximate surface area is 157 Å². The Morgan fingerprint density at radius 2 is 1.81 bits per heavy atom. The van der Waals surface area contributed by atoms with Crippen molar-refractivity contribution in [3.05, 3.63) is 78.4 Å². The maximum absolute atomic E-state index is 12.8. The number of hydrogen-bond donors (Lipinski definition) is 0. The lowest BCUT2D eigenvalue weighted by molar-refractivity contribution is -0.125. The number of benzene rings is 2. The van der Waals surface area contributed by atoms with Gasteiger partial charge in [0.25, 0.3) is 10.0 Å². The van der Waals surface area contributed by atoms with Gasteiger partial charge in [0.1, 0.15) is 5.25 Å². The molecule has 0 radical (unpaired) electrons. The van der Waals surface area contributed by atoms with E-state index in [1.807, 2.05) is 37.3 Å². The minimum absolute atomic E-state index is 0.102. The zero-order valence-corrected chi connectivity index (χ0v) is 15.8. The molecular weight excluding hydrogens is 368 g/mol. The van der Waals surface area contributed by atoms with E-state index in [2.05, 4.69) is 11.0 Å². The summed E-state index contributed by atoms with van der Waals surface area (Å²) in [6, 6.07) is 15.7. The molecule has 1 aliphatic heterocycles. The van der Waals surface area contributed by atoms with Crippen LogP contribution in [0, 0.1) is 6.92 Å². The van der Waals surface area contributed by atoms with E-state index < -0.39 is 15.3 Å². The summed E-state index contributed by atoms with van der Waals surface area (Å²) in [6.45, 7) is 5.73. The molecule has 2 aromatic carbocycles. The lowest BCUT2D eigenvalue weighted by Crippen LogP contribution is -2.30. The Kier molecular flexibility index (Phi) is 5.29. The van der Waals surface area contributed by atoms with Crippen molar-refractivity contribution >= 4 is 32.9 Å². The Bertz CT molecular complexity index is 952. The molecule has 1 heterocycles. The molecule has 134 valence electrons. The standard InChI is InChI=1S/C19H18N2O3S2/c1-3-13-21-18(22)17(15-7-5-4-6-8-15)25-19(21)20-26(23,24)16-11-9-14(2)10-12-16/h3-12,17H,1,13H2,2H3/b20-19+. The molecule has 7 heteroatoms. The third-order valence-electron chi connectivity index (χ3n) is 3.88. The summed E-state index contributed by atoms with van der Waals surface area (Å²) in [6.07, 6.45) is 1.56. The second-order valence-electron chi connectivity index (χ2n) is 5.81. The summed E-state index contributed by atoms with van der Waals surface area (Å²) >= 11 is 1.14. The highest BCUT2D eigenvalue weighted by molar-refractivity contribution is 8.15. The van der Waals surface area contributed by atoms with Crippen molar-refractivity contribution in [3.8, 4) is 0 Å². The summed E-state index contributed by atoms with van der Waals surface area (Å²) < 4.78 is 29.2. The quantitative estimate of drug-likeness (QED) is 0.737. The van der Waals surface area contributed by atoms with Gasteiger partial charge in [-0.05, 0) is 24.6 Å². The Hall–Kier alpha value is -2.38. The van der Waals surface area contributed by atoms with Crippen LogP contribution in [-0.2, 0) is 14.8 Å². The number of rotatable bonds is 5. The lowest BCUT2D eigenvalue weighted by Gasteiger charge is -2.13. The molecule has 26 heavy (non-hydrogen) atoms. The molecule has 2 aromatic rings. The van der Waals surface area contributed by atoms with Crippen molar-refractivity contribution in [3.63, 3.8) is 0 Å². The van der Waals surface area contributed by atoms with Gasteiger partial charge in [0.2, 0.25) is 5.91 Å². The summed E-state index contributed by atoms with van der Waals surface area (Å²) in [5, 5.41) is -0.340. The van der Waals surface area contributed by atoms with Crippen LogP contribution in [0.5, 0.6) is 0 Å². The number of hydrogen-bond acceptors (Lipinski definition) is 4. The van der Waals surface area contributed by atoms with E-state index in [0.717, 1.165) is 22.9 Å². The molecule has 1 atom stereocenters. The van der Waals surface area contributed by atoms with Crippen molar-refractivity contribution in [2.24, 2.45) is 4.40 Å². The molecule has 3 rings (SSSR count). The largest absolute Gasteiger partial charge is 0.285 e. The van der Waals surface area contributed by atoms with E-state index in [9.17, 15) is 13.2 Å². The smallest absolute Gasteiger partial charge is 0.284 e. The topological polar surface area (TPSA) is 66.8 Å². The number of amides is 1. The number of nitrogens with zero attached hydrogens (tertiary/aromatic N) is 2. The van der Waals surface area contributed by atoms with Crippen molar-refractivity contribution in [2.45, 2.75) is 17.1 Å². The average molecular weight is 386 g/mol. The van der Waals surface area contributed by atoms with Crippen LogP contribution in [0.1, 0.15) is 16.4 Å². The number of carbonyl (C=O) groups is 1. The van der Waals surface area contributed by atoms with Gasteiger partial charge in [-0.15, -0.1) is 11.0 Å². The molecule has 1 unspecified atom stereocenters. The van der Waals surface area contributed by atoms with Crippen molar-refractivity contribution in [1.29, 1.82) is 0 Å². The minimum atomic E-state index is -3.90. The van der Waals surface area contributed by atoms with Crippen molar-refractivity contribution in [2.75, 3.05) is 6.54 Å². The minimum Gasteiger partial charge on any atom is -0.285 e. The Morgan fingerprint density at radius 3 is 2.42 bits per heavy atom. The second-order valence-corrected chi connectivity index (χ2v) is 8.48. The molecule has 0 spiro atoms. The van der Waals surface area contributed by atoms with E-state index >= 15 is 0 Å². The van der Waals surface area contributed by atoms with Crippen LogP contribution < -0.4 is 0 Å². The molecule has 0 aromatic heterocycles. The molecule has 1 aliphatic rings. The van der Waals surface area contributed by atoms with Gasteiger partial charge in [0.15, 0.2) is 5.17 Å². The van der Waals surface area contributed by atoms with E-state index in [1.54, 1.807) is 18.2 Å². The molecular formula is C19H18N2O3S2. The highest BCUT2D eigenvalue weighted by Crippen LogP contribution is 2.40. The van der Waals surface area contributed by atoms with Crippen molar-refractivity contribution < 1.29 is 13.2 Å². The highest BCUT2D eigenvalue weighted by Gasteiger charge is 2.39. The summed E-state index contributed by atoms with van der Waals surface area (Å²) in [5.74, 6) is -0.195. The SMILES string of the molecule is C=CCN1C(=O)C(c2ccccc2)S/C1=N/S(=O)(=O)c1ccc(C)cc1. The molecule has 1 amide bonds. The lowest BCUT2D eigenvalue weighted by atomic mass is 10.1. The van der Waals surface area contributed by atoms with E-state index in [1.165, 1.54) is 17.0 Å². The van der Waals surface area contributed by atoms with Crippen LogP contribution in [0.15, 0.2) is 76.5 Å². The number of carbonyl (C=O) groups excluding carboxylic acids is 1. The van der Waals surface area contributed by atoms with E-state index in [-0.39, 0.29) is 22.5 Å². The predicted molar refractivity (Wildman–Crippen MR) is 104 cm³/mol. The van der Waals surface area contributed by atoms with Crippen LogP contribution in [0.2, 0.25) is 0 Å². The highest BCUT2D eigenvalue weighted by atomic mass is 32.2. The van der Waals surface area contributed by atoms with Gasteiger partial charge in [-0.25, -0.2) is 0 Å². The zero-order valence-electron chi connectivity index (χ0n) is 14.2. The third kappa shape index (κ3) is 3.73. The second kappa shape index (κ2) is 7.47. The molecule has 1 fully saturated rings. The number of sulfonamides is 1. The van der Waals surface area contributed by atoms with Crippen LogP contribution >= 0.6 is 11.8 Å². The predicted octanol–water partition coefficient (Wildman–Crippen LogP) is 3.54. The number of aryl methyl sites for hydroxylation is 1. The fourth-order valence-corrected chi connectivity index (χ4v) is 4.91. The first-order valence-electron chi connectivity index (χ1n) is 7.98. The molecule has 0 aliphatic carbocycles. The summed E-state index contributed by atoms with van der Waals surface area (Å²) in [7, 11) is -3.90. The molecule has 5 nitrogen and oxygen atoms in total. The van der Waals surface area contributed by atoms with Gasteiger partial charge in [0, 0.05) is 6.54 Å². The molecule has 0 N–H and O–H groups in total. The first-order chi connectivity index (χ1) is 12.4. The number of thioether (sulfide) groups is 1. The fourth-order valence-electron chi connectivity index (χ4n) is 2.53. The first kappa shape index (κ1) is 18.4. The molecule has 0 saturated carbocycles. The van der Waals surface area contributed by atoms with Gasteiger partial charge in [-0.1, -0.05) is 65.9 Å². The normalized spacial score (nSPS) is 19.1. The number of amidine groups is 1. The van der Waals surface area contributed by atoms with Crippen LogP contribution in [-0.4, -0.2) is 30.9 Å². The van der Waals surface area contributed by atoms with Crippen LogP contribution in [0.25, 0.3) is 0 Å². The first-order valence-corrected chi connectivity index (χ1v) is 10.3. The maximum Gasteiger partial charge on any atom is 0.284 e. The van der Waals surface area contributed by atoms with Gasteiger partial charge in [-0.3, -0.25) is 9.69 Å². The van der Waals surface area contributed by atoms with E-state index in [0.29, 0.717) is 0 Å². The van der Waals surface area contributed by atoms with Gasteiger partial charge in [-0.2, -0.15) is 8.42 Å². The zero-order chi connectivity index (χ0) is 18.7. The summed E-state index contributed by atoms with van der Waals surface area (Å²) in [5.41, 5.74) is 1.77. The fraction of sp³-hybridized carbons (Fsp3) is 0.158. The van der Waals surface area contributed by atoms with Gasteiger partial charge >= 0.3 is 0 Å². The molecule has 1 saturated heterocycles. The van der Waals surface area contributed by atoms with Crippen LogP contribution in [0.4, 0.5) is 0 Å². The Balaban J connectivity index is 1.98. The molecule has 0 bridgehead atoms. The Morgan fingerprint density at radius 1 is 1.15 bits per heavy atom. The third-order valence-corrected chi connectivity index (χ3v) is 6.50. The van der Waals surface area contributed by atoms with Gasteiger partial charge in [0.05, 0.1) is 4.90 Å². The maximum atomic E-state index is 12.8. The summed E-state index contributed by atoms with van der Waals surface area (Å²) in [4.78, 5) is 14.2. The van der Waals surface area contributed by atoms with E-state index in [4.69, 9.17) is 0 Å². The van der Waals surface area contributed by atoms with Crippen LogP contribution in [0.3, 0.4) is 0 Å². The average Bonchev–Trinajstić information content (AvgIpc) is 2.92. The van der Waals surface area contributed by atoms with Crippen molar-refractivity contribution in [1.82, 2.24) is 4.90 Å². The van der Waals surface area contributed by atoms with Gasteiger partial charge < -0.3 is 0 Å².